The number of aromatic carboxylic acids is 1. The van der Waals surface area contributed by atoms with Crippen LogP contribution in [0, 0.1) is 0 Å². The molecule has 25 heavy (non-hydrogen) atoms. The molecule has 1 aliphatic rings. The molecule has 0 aromatic heterocycles. The maximum atomic E-state index is 12.5. The SMILES string of the molecule is CCNC(=O)[C@H](CN1Cc2ccc(C(=O)O)cc2C1=O)NC(=O)CC. The van der Waals surface area contributed by atoms with Crippen LogP contribution in [0.1, 0.15) is 46.5 Å². The number of carboxylic acids is 1. The Morgan fingerprint density at radius 3 is 2.60 bits per heavy atom. The fraction of sp³-hybridized carbons (Fsp3) is 0.412. The van der Waals surface area contributed by atoms with Gasteiger partial charge in [0.25, 0.3) is 5.91 Å². The van der Waals surface area contributed by atoms with E-state index in [2.05, 4.69) is 10.6 Å². The summed E-state index contributed by atoms with van der Waals surface area (Å²) >= 11 is 0. The summed E-state index contributed by atoms with van der Waals surface area (Å²) in [5.41, 5.74) is 1.05. The molecule has 3 amide bonds. The first-order chi connectivity index (χ1) is 11.9. The van der Waals surface area contributed by atoms with Crippen LogP contribution in [0.25, 0.3) is 0 Å². The third-order valence-electron chi connectivity index (χ3n) is 3.96. The Bertz CT molecular complexity index is 716. The Labute approximate surface area is 145 Å². The fourth-order valence-electron chi connectivity index (χ4n) is 2.65. The molecule has 1 aromatic carbocycles. The quantitative estimate of drug-likeness (QED) is 0.659. The second-order valence-corrected chi connectivity index (χ2v) is 5.73. The van der Waals surface area contributed by atoms with Crippen LogP contribution in [-0.4, -0.2) is 52.8 Å². The molecular formula is C17H21N3O5. The number of nitrogens with zero attached hydrogens (tertiary/aromatic N) is 1. The first-order valence-corrected chi connectivity index (χ1v) is 8.09. The summed E-state index contributed by atoms with van der Waals surface area (Å²) in [4.78, 5) is 48.9. The van der Waals surface area contributed by atoms with E-state index in [1.165, 1.54) is 17.0 Å². The van der Waals surface area contributed by atoms with E-state index in [4.69, 9.17) is 5.11 Å². The van der Waals surface area contributed by atoms with Crippen molar-refractivity contribution < 1.29 is 24.3 Å². The molecule has 1 heterocycles. The van der Waals surface area contributed by atoms with E-state index in [1.807, 2.05) is 0 Å². The van der Waals surface area contributed by atoms with Gasteiger partial charge in [-0.3, -0.25) is 14.4 Å². The van der Waals surface area contributed by atoms with Crippen molar-refractivity contribution in [1.82, 2.24) is 15.5 Å². The lowest BCUT2D eigenvalue weighted by Crippen LogP contribution is -2.52. The van der Waals surface area contributed by atoms with Gasteiger partial charge in [0.05, 0.1) is 12.1 Å². The molecule has 8 heteroatoms. The van der Waals surface area contributed by atoms with Gasteiger partial charge in [0.1, 0.15) is 6.04 Å². The molecule has 0 saturated carbocycles. The molecule has 0 saturated heterocycles. The Hall–Kier alpha value is -2.90. The van der Waals surface area contributed by atoms with Crippen LogP contribution < -0.4 is 10.6 Å². The zero-order valence-corrected chi connectivity index (χ0v) is 14.2. The number of rotatable bonds is 7. The van der Waals surface area contributed by atoms with Gasteiger partial charge in [-0.2, -0.15) is 0 Å². The molecule has 2 rings (SSSR count). The highest BCUT2D eigenvalue weighted by molar-refractivity contribution is 6.01. The van der Waals surface area contributed by atoms with Crippen LogP contribution in [-0.2, 0) is 16.1 Å². The summed E-state index contributed by atoms with van der Waals surface area (Å²) in [7, 11) is 0. The molecule has 0 fully saturated rings. The highest BCUT2D eigenvalue weighted by Crippen LogP contribution is 2.24. The second-order valence-electron chi connectivity index (χ2n) is 5.73. The first-order valence-electron chi connectivity index (χ1n) is 8.09. The Kier molecular flexibility index (Phi) is 5.74. The Balaban J connectivity index is 2.17. The number of hydrogen-bond acceptors (Lipinski definition) is 4. The number of carbonyl (C=O) groups is 4. The lowest BCUT2D eigenvalue weighted by atomic mass is 10.1. The molecule has 0 bridgehead atoms. The standard InChI is InChI=1S/C17H21N3O5/c1-3-14(21)19-13(15(22)18-4-2)9-20-8-11-6-5-10(17(24)25)7-12(11)16(20)23/h5-7,13H,3-4,8-9H2,1-2H3,(H,18,22)(H,19,21)(H,24,25)/t13-/m0/s1. The monoisotopic (exact) mass is 347 g/mol. The van der Waals surface area contributed by atoms with Gasteiger partial charge in [-0.05, 0) is 24.6 Å². The maximum absolute atomic E-state index is 12.5. The van der Waals surface area contributed by atoms with Crippen molar-refractivity contribution >= 4 is 23.7 Å². The predicted molar refractivity (Wildman–Crippen MR) is 89.0 cm³/mol. The number of amides is 3. The van der Waals surface area contributed by atoms with E-state index in [0.29, 0.717) is 17.7 Å². The van der Waals surface area contributed by atoms with Crippen LogP contribution in [0.15, 0.2) is 18.2 Å². The molecule has 0 aliphatic carbocycles. The number of nitrogens with one attached hydrogen (secondary N) is 2. The van der Waals surface area contributed by atoms with Crippen molar-refractivity contribution in [2.75, 3.05) is 13.1 Å². The summed E-state index contributed by atoms with van der Waals surface area (Å²) in [6.07, 6.45) is 0.228. The molecule has 134 valence electrons. The molecule has 1 aromatic rings. The van der Waals surface area contributed by atoms with Gasteiger partial charge in [0, 0.05) is 25.1 Å². The third-order valence-corrected chi connectivity index (χ3v) is 3.96. The van der Waals surface area contributed by atoms with Crippen molar-refractivity contribution in [2.24, 2.45) is 0 Å². The number of benzene rings is 1. The van der Waals surface area contributed by atoms with Gasteiger partial charge >= 0.3 is 5.97 Å². The van der Waals surface area contributed by atoms with Crippen LogP contribution >= 0.6 is 0 Å². The maximum Gasteiger partial charge on any atom is 0.335 e. The van der Waals surface area contributed by atoms with Crippen LogP contribution in [0.5, 0.6) is 0 Å². The van der Waals surface area contributed by atoms with Crippen molar-refractivity contribution in [3.63, 3.8) is 0 Å². The molecule has 1 aliphatic heterocycles. The first kappa shape index (κ1) is 18.4. The van der Waals surface area contributed by atoms with Gasteiger partial charge in [0.15, 0.2) is 0 Å². The molecule has 0 unspecified atom stereocenters. The van der Waals surface area contributed by atoms with Crippen LogP contribution in [0.2, 0.25) is 0 Å². The average Bonchev–Trinajstić information content (AvgIpc) is 2.89. The minimum atomic E-state index is -1.11. The van der Waals surface area contributed by atoms with E-state index in [0.717, 1.165) is 0 Å². The second kappa shape index (κ2) is 7.78. The van der Waals surface area contributed by atoms with Crippen molar-refractivity contribution in [3.05, 3.63) is 34.9 Å². The number of likely N-dealkylation sites (N-methyl/N-ethyl adjacent to an activating group) is 1. The minimum Gasteiger partial charge on any atom is -0.478 e. The number of carboxylic acid groups (broad SMARTS) is 1. The summed E-state index contributed by atoms with van der Waals surface area (Å²) in [5, 5.41) is 14.3. The van der Waals surface area contributed by atoms with Gasteiger partial charge < -0.3 is 20.6 Å². The highest BCUT2D eigenvalue weighted by Gasteiger charge is 2.32. The molecule has 0 spiro atoms. The van der Waals surface area contributed by atoms with E-state index >= 15 is 0 Å². The molecule has 3 N–H and O–H groups in total. The third kappa shape index (κ3) is 4.14. The van der Waals surface area contributed by atoms with Crippen molar-refractivity contribution in [1.29, 1.82) is 0 Å². The number of carbonyl (C=O) groups excluding carboxylic acids is 3. The van der Waals surface area contributed by atoms with Crippen LogP contribution in [0.3, 0.4) is 0 Å². The lowest BCUT2D eigenvalue weighted by Gasteiger charge is -2.23. The van der Waals surface area contributed by atoms with E-state index in [1.54, 1.807) is 19.9 Å². The Morgan fingerprint density at radius 2 is 2.00 bits per heavy atom. The van der Waals surface area contributed by atoms with Crippen LogP contribution in [0.4, 0.5) is 0 Å². The summed E-state index contributed by atoms with van der Waals surface area (Å²) in [5.74, 6) is -2.10. The van der Waals surface area contributed by atoms with E-state index in [-0.39, 0.29) is 42.8 Å². The van der Waals surface area contributed by atoms with Gasteiger partial charge in [-0.25, -0.2) is 4.79 Å². The molecule has 1 atom stereocenters. The summed E-state index contributed by atoms with van der Waals surface area (Å²) in [6, 6.07) is 3.52. The summed E-state index contributed by atoms with van der Waals surface area (Å²) in [6.45, 7) is 4.14. The van der Waals surface area contributed by atoms with E-state index < -0.39 is 12.0 Å². The largest absolute Gasteiger partial charge is 0.478 e. The van der Waals surface area contributed by atoms with Gasteiger partial charge in [-0.15, -0.1) is 0 Å². The smallest absolute Gasteiger partial charge is 0.335 e. The van der Waals surface area contributed by atoms with Crippen molar-refractivity contribution in [2.45, 2.75) is 32.9 Å². The fourth-order valence-corrected chi connectivity index (χ4v) is 2.65. The number of hydrogen-bond donors (Lipinski definition) is 3. The number of fused-ring (bicyclic) bond motifs is 1. The summed E-state index contributed by atoms with van der Waals surface area (Å²) < 4.78 is 0. The highest BCUT2D eigenvalue weighted by atomic mass is 16.4. The Morgan fingerprint density at radius 1 is 1.28 bits per heavy atom. The molecule has 8 nitrogen and oxygen atoms in total. The average molecular weight is 347 g/mol. The van der Waals surface area contributed by atoms with Gasteiger partial charge in [0.2, 0.25) is 11.8 Å². The topological polar surface area (TPSA) is 116 Å². The van der Waals surface area contributed by atoms with Gasteiger partial charge in [-0.1, -0.05) is 13.0 Å². The normalized spacial score (nSPS) is 14.0. The van der Waals surface area contributed by atoms with Crippen molar-refractivity contribution in [3.8, 4) is 0 Å². The van der Waals surface area contributed by atoms with E-state index in [9.17, 15) is 19.2 Å². The zero-order chi connectivity index (χ0) is 18.6. The lowest BCUT2D eigenvalue weighted by molar-refractivity contribution is -0.129. The zero-order valence-electron chi connectivity index (χ0n) is 14.2. The predicted octanol–water partition coefficient (Wildman–Crippen LogP) is 0.371. The molecule has 0 radical (unpaired) electrons. The minimum absolute atomic E-state index is 0.0213. The molecular weight excluding hydrogens is 326 g/mol.